The number of carbonyl (C=O) groups is 1. The molecule has 0 saturated carbocycles. The molecular weight excluding hydrogens is 318 g/mol. The van der Waals surface area contributed by atoms with Gasteiger partial charge in [0.25, 0.3) is 5.91 Å². The first-order valence-electron chi connectivity index (χ1n) is 5.93. The fraction of sp³-hybridized carbons (Fsp3) is 0.455. The molecule has 1 aromatic heterocycles. The Balaban J connectivity index is 2.14. The third-order valence-electron chi connectivity index (χ3n) is 2.51. The molecule has 1 saturated heterocycles. The van der Waals surface area contributed by atoms with Crippen LogP contribution in [0.5, 0.6) is 0 Å². The van der Waals surface area contributed by atoms with Gasteiger partial charge in [-0.25, -0.2) is 4.98 Å². The van der Waals surface area contributed by atoms with Gasteiger partial charge < -0.3 is 19.4 Å². The van der Waals surface area contributed by atoms with Crippen LogP contribution < -0.4 is 0 Å². The van der Waals surface area contributed by atoms with Crippen molar-refractivity contribution in [1.29, 1.82) is 0 Å². The molecule has 0 aliphatic carbocycles. The average Bonchev–Trinajstić information content (AvgIpc) is 2.86. The van der Waals surface area contributed by atoms with E-state index in [-0.39, 0.29) is 0 Å². The van der Waals surface area contributed by atoms with Gasteiger partial charge in [-0.3, -0.25) is 4.79 Å². The summed E-state index contributed by atoms with van der Waals surface area (Å²) in [6.45, 7) is 1.18. The molecule has 114 valence electrons. The van der Waals surface area contributed by atoms with Gasteiger partial charge >= 0.3 is 0 Å². The number of hydrogen-bond donors (Lipinski definition) is 0. The topological polar surface area (TPSA) is 79.6 Å². The molecule has 2 heterocycles. The van der Waals surface area contributed by atoms with Gasteiger partial charge in [0.15, 0.2) is 4.47 Å². The first kappa shape index (κ1) is 15.7. The van der Waals surface area contributed by atoms with E-state index < -0.39 is 5.91 Å². The molecule has 1 amide bonds. The zero-order valence-electron chi connectivity index (χ0n) is 11.5. The maximum atomic E-state index is 11.7. The van der Waals surface area contributed by atoms with E-state index in [2.05, 4.69) is 20.0 Å². The lowest BCUT2D eigenvalue weighted by atomic mass is 10.4. The summed E-state index contributed by atoms with van der Waals surface area (Å²) < 4.78 is 5.89. The first-order chi connectivity index (χ1) is 10.1. The number of carbonyl (C=O) groups excluding carboxylic acids is 1. The number of aromatic nitrogens is 1. The van der Waals surface area contributed by atoms with Crippen LogP contribution in [0.15, 0.2) is 16.3 Å². The lowest BCUT2D eigenvalue weighted by Crippen LogP contribution is -2.49. The zero-order chi connectivity index (χ0) is 15.2. The molecule has 1 fully saturated rings. The van der Waals surface area contributed by atoms with E-state index in [4.69, 9.17) is 16.3 Å². The van der Waals surface area contributed by atoms with Crippen molar-refractivity contribution >= 4 is 41.0 Å². The predicted molar refractivity (Wildman–Crippen MR) is 79.2 cm³/mol. The minimum absolute atomic E-state index is 0.327. The van der Waals surface area contributed by atoms with E-state index >= 15 is 0 Å². The van der Waals surface area contributed by atoms with E-state index in [1.165, 1.54) is 18.4 Å². The quantitative estimate of drug-likeness (QED) is 0.604. The van der Waals surface area contributed by atoms with E-state index in [0.717, 1.165) is 11.1 Å². The van der Waals surface area contributed by atoms with Crippen LogP contribution in [0.1, 0.15) is 4.88 Å². The van der Waals surface area contributed by atoms with E-state index in [0.29, 0.717) is 30.4 Å². The van der Waals surface area contributed by atoms with Gasteiger partial charge in [-0.1, -0.05) is 16.8 Å². The molecule has 0 spiro atoms. The van der Waals surface area contributed by atoms with Crippen molar-refractivity contribution in [3.05, 3.63) is 15.5 Å². The highest BCUT2D eigenvalue weighted by atomic mass is 35.5. The molecule has 0 N–H and O–H groups in total. The van der Waals surface area contributed by atoms with Crippen molar-refractivity contribution in [2.24, 2.45) is 10.1 Å². The number of hydrogen-bond acceptors (Lipinski definition) is 6. The lowest BCUT2D eigenvalue weighted by molar-refractivity contribution is -0.111. The maximum Gasteiger partial charge on any atom is 0.294 e. The van der Waals surface area contributed by atoms with Gasteiger partial charge in [0.05, 0.1) is 6.54 Å². The van der Waals surface area contributed by atoms with E-state index in [9.17, 15) is 4.79 Å². The van der Waals surface area contributed by atoms with Crippen molar-refractivity contribution in [1.82, 2.24) is 14.8 Å². The van der Waals surface area contributed by atoms with Crippen molar-refractivity contribution < 1.29 is 14.4 Å². The van der Waals surface area contributed by atoms with Crippen LogP contribution in [0.4, 0.5) is 0 Å². The van der Waals surface area contributed by atoms with Crippen LogP contribution >= 0.6 is 22.9 Å². The SMILES string of the molecule is CO/N=C/C(=O)N=C1N(C)COCN1Cc1cnc(Cl)s1. The molecule has 8 nitrogen and oxygen atoms in total. The Morgan fingerprint density at radius 3 is 3.14 bits per heavy atom. The monoisotopic (exact) mass is 331 g/mol. The summed E-state index contributed by atoms with van der Waals surface area (Å²) in [5.41, 5.74) is 0. The second kappa shape index (κ2) is 7.34. The second-order valence-corrected chi connectivity index (χ2v) is 5.80. The molecular formula is C11H14ClN5O3S. The minimum Gasteiger partial charge on any atom is -0.399 e. The summed E-state index contributed by atoms with van der Waals surface area (Å²) >= 11 is 7.19. The van der Waals surface area contributed by atoms with Crippen molar-refractivity contribution in [2.75, 3.05) is 27.6 Å². The fourth-order valence-corrected chi connectivity index (χ4v) is 2.68. The van der Waals surface area contributed by atoms with Gasteiger partial charge in [-0.15, -0.1) is 11.3 Å². The molecule has 2 rings (SSSR count). The average molecular weight is 332 g/mol. The Bertz CT molecular complexity index is 562. The van der Waals surface area contributed by atoms with Crippen LogP contribution in [-0.4, -0.2) is 60.5 Å². The van der Waals surface area contributed by atoms with Crippen molar-refractivity contribution in [3.8, 4) is 0 Å². The van der Waals surface area contributed by atoms with E-state index in [1.54, 1.807) is 18.1 Å². The standard InChI is InChI=1S/C11H14ClN5O3S/c1-16-6-20-7-17(5-8-3-13-10(12)21-8)11(16)15-9(18)4-14-19-2/h3-4H,5-7H2,1-2H3/b14-4+,15-11?. The summed E-state index contributed by atoms with van der Waals surface area (Å²) in [4.78, 5) is 28.6. The third-order valence-corrected chi connectivity index (χ3v) is 3.61. The number of ether oxygens (including phenoxy) is 1. The lowest BCUT2D eigenvalue weighted by Gasteiger charge is -2.36. The highest BCUT2D eigenvalue weighted by Crippen LogP contribution is 2.20. The summed E-state index contributed by atoms with van der Waals surface area (Å²) in [5.74, 6) is -0.00809. The van der Waals surface area contributed by atoms with Crippen LogP contribution in [0.25, 0.3) is 0 Å². The van der Waals surface area contributed by atoms with Crippen LogP contribution in [0, 0.1) is 0 Å². The Labute approximate surface area is 130 Å². The number of oxime groups is 1. The van der Waals surface area contributed by atoms with E-state index in [1.807, 2.05) is 4.90 Å². The molecule has 1 aliphatic heterocycles. The number of nitrogens with zero attached hydrogens (tertiary/aromatic N) is 5. The van der Waals surface area contributed by atoms with Crippen LogP contribution in [-0.2, 0) is 20.9 Å². The molecule has 0 unspecified atom stereocenters. The number of halogens is 1. The van der Waals surface area contributed by atoms with Crippen molar-refractivity contribution in [2.45, 2.75) is 6.54 Å². The summed E-state index contributed by atoms with van der Waals surface area (Å²) in [5, 5.41) is 3.40. The second-order valence-electron chi connectivity index (χ2n) is 4.10. The van der Waals surface area contributed by atoms with Crippen LogP contribution in [0.2, 0.25) is 4.47 Å². The van der Waals surface area contributed by atoms with Crippen LogP contribution in [0.3, 0.4) is 0 Å². The molecule has 0 radical (unpaired) electrons. The molecule has 10 heteroatoms. The van der Waals surface area contributed by atoms with Crippen molar-refractivity contribution in [3.63, 3.8) is 0 Å². The maximum absolute atomic E-state index is 11.7. The summed E-state index contributed by atoms with van der Waals surface area (Å²) in [6, 6.07) is 0. The van der Waals surface area contributed by atoms with Gasteiger partial charge in [-0.2, -0.15) is 4.99 Å². The smallest absolute Gasteiger partial charge is 0.294 e. The van der Waals surface area contributed by atoms with Gasteiger partial charge in [0.2, 0.25) is 5.96 Å². The zero-order valence-corrected chi connectivity index (χ0v) is 13.1. The number of amides is 1. The van der Waals surface area contributed by atoms with Gasteiger partial charge in [0.1, 0.15) is 26.8 Å². The summed E-state index contributed by atoms with van der Waals surface area (Å²) in [6.07, 6.45) is 2.70. The first-order valence-corrected chi connectivity index (χ1v) is 7.13. The molecule has 21 heavy (non-hydrogen) atoms. The van der Waals surface area contributed by atoms with Gasteiger partial charge in [0, 0.05) is 18.1 Å². The number of thiazole rings is 1. The highest BCUT2D eigenvalue weighted by Gasteiger charge is 2.23. The Morgan fingerprint density at radius 2 is 2.48 bits per heavy atom. The molecule has 1 aliphatic rings. The normalized spacial score (nSPS) is 17.8. The minimum atomic E-state index is -0.507. The third kappa shape index (κ3) is 4.38. The number of aliphatic imine (C=N–C) groups is 1. The fourth-order valence-electron chi connectivity index (χ4n) is 1.69. The predicted octanol–water partition coefficient (Wildman–Crippen LogP) is 0.990. The Morgan fingerprint density at radius 1 is 1.67 bits per heavy atom. The number of guanidine groups is 1. The molecule has 0 atom stereocenters. The largest absolute Gasteiger partial charge is 0.399 e. The molecule has 0 aromatic carbocycles. The molecule has 1 aromatic rings. The molecule has 0 bridgehead atoms. The highest BCUT2D eigenvalue weighted by molar-refractivity contribution is 7.15. The Kier molecular flexibility index (Phi) is 5.48. The Hall–Kier alpha value is -1.71. The van der Waals surface area contributed by atoms with Gasteiger partial charge in [-0.05, 0) is 0 Å². The summed E-state index contributed by atoms with van der Waals surface area (Å²) in [7, 11) is 3.14. The number of rotatable bonds is 4.